The van der Waals surface area contributed by atoms with Gasteiger partial charge in [0.15, 0.2) is 0 Å². The molecule has 1 aromatic rings. The van der Waals surface area contributed by atoms with Gasteiger partial charge >= 0.3 is 0 Å². The molecule has 1 aromatic carbocycles. The fourth-order valence-corrected chi connectivity index (χ4v) is 2.32. The van der Waals surface area contributed by atoms with Crippen molar-refractivity contribution in [3.05, 3.63) is 35.9 Å². The monoisotopic (exact) mass is 279 g/mol. The zero-order chi connectivity index (χ0) is 14.4. The first-order chi connectivity index (χ1) is 9.69. The van der Waals surface area contributed by atoms with Crippen LogP contribution >= 0.6 is 0 Å². The number of carbonyl (C=O) groups is 1. The van der Waals surface area contributed by atoms with Crippen molar-refractivity contribution in [1.29, 1.82) is 0 Å². The first-order valence-corrected chi connectivity index (χ1v) is 6.84. The number of hydrogen-bond acceptors (Lipinski definition) is 4. The number of carbonyl (C=O) groups excluding carboxylic acids is 1. The van der Waals surface area contributed by atoms with Gasteiger partial charge in [-0.1, -0.05) is 30.3 Å². The van der Waals surface area contributed by atoms with Gasteiger partial charge in [-0.25, -0.2) is 0 Å². The molecule has 1 fully saturated rings. The van der Waals surface area contributed by atoms with E-state index in [9.17, 15) is 9.90 Å². The molecule has 3 atom stereocenters. The number of hydrogen-bond donors (Lipinski definition) is 2. The van der Waals surface area contributed by atoms with E-state index < -0.39 is 0 Å². The third-order valence-electron chi connectivity index (χ3n) is 3.35. The van der Waals surface area contributed by atoms with Crippen LogP contribution in [0.1, 0.15) is 18.9 Å². The summed E-state index contributed by atoms with van der Waals surface area (Å²) in [6.07, 6.45) is 0.208. The molecule has 2 unspecified atom stereocenters. The number of nitrogens with one attached hydrogen (secondary N) is 1. The van der Waals surface area contributed by atoms with Gasteiger partial charge in [0, 0.05) is 13.3 Å². The van der Waals surface area contributed by atoms with Crippen LogP contribution in [0.5, 0.6) is 0 Å². The topological polar surface area (TPSA) is 67.8 Å². The molecule has 5 nitrogen and oxygen atoms in total. The van der Waals surface area contributed by atoms with Gasteiger partial charge in [-0.3, -0.25) is 4.79 Å². The third kappa shape index (κ3) is 4.30. The molecule has 20 heavy (non-hydrogen) atoms. The number of amides is 1. The van der Waals surface area contributed by atoms with E-state index in [1.165, 1.54) is 6.92 Å². The van der Waals surface area contributed by atoms with E-state index in [0.29, 0.717) is 19.6 Å². The quantitative estimate of drug-likeness (QED) is 0.839. The van der Waals surface area contributed by atoms with Crippen LogP contribution in [-0.4, -0.2) is 42.5 Å². The molecule has 110 valence electrons. The van der Waals surface area contributed by atoms with Gasteiger partial charge in [0.25, 0.3) is 0 Å². The summed E-state index contributed by atoms with van der Waals surface area (Å²) >= 11 is 0. The molecule has 2 rings (SSSR count). The molecule has 1 saturated heterocycles. The molecule has 0 bridgehead atoms. The van der Waals surface area contributed by atoms with Crippen molar-refractivity contribution < 1.29 is 19.4 Å². The first kappa shape index (κ1) is 15.0. The number of aliphatic hydroxyl groups is 1. The van der Waals surface area contributed by atoms with Crippen molar-refractivity contribution in [1.82, 2.24) is 5.32 Å². The maximum Gasteiger partial charge on any atom is 0.217 e. The van der Waals surface area contributed by atoms with Crippen molar-refractivity contribution in [2.24, 2.45) is 0 Å². The average molecular weight is 279 g/mol. The van der Waals surface area contributed by atoms with Crippen molar-refractivity contribution >= 4 is 5.91 Å². The van der Waals surface area contributed by atoms with Crippen molar-refractivity contribution in [3.8, 4) is 0 Å². The molecule has 0 spiro atoms. The number of aliphatic hydroxyl groups excluding tert-OH is 1. The van der Waals surface area contributed by atoms with Crippen LogP contribution in [0.2, 0.25) is 0 Å². The van der Waals surface area contributed by atoms with Crippen LogP contribution in [0, 0.1) is 0 Å². The SMILES string of the molecule is CC(=O)NC1COC(CO)C[C@@H]1OCc1ccccc1. The van der Waals surface area contributed by atoms with E-state index in [2.05, 4.69) is 5.32 Å². The molecule has 0 aromatic heterocycles. The highest BCUT2D eigenvalue weighted by atomic mass is 16.5. The standard InChI is InChI=1S/C15H21NO4/c1-11(18)16-14-10-19-13(8-17)7-15(14)20-9-12-5-3-2-4-6-12/h2-6,13-15,17H,7-10H2,1H3,(H,16,18)/t13?,14?,15-/m0/s1. The molecule has 0 aliphatic carbocycles. The van der Waals surface area contributed by atoms with E-state index in [0.717, 1.165) is 5.56 Å². The van der Waals surface area contributed by atoms with Crippen LogP contribution in [0.25, 0.3) is 0 Å². The van der Waals surface area contributed by atoms with E-state index in [1.807, 2.05) is 30.3 Å². The Bertz CT molecular complexity index is 423. The van der Waals surface area contributed by atoms with Crippen LogP contribution in [-0.2, 0) is 20.9 Å². The summed E-state index contributed by atoms with van der Waals surface area (Å²) in [7, 11) is 0. The fourth-order valence-electron chi connectivity index (χ4n) is 2.32. The second-order valence-corrected chi connectivity index (χ2v) is 5.02. The van der Waals surface area contributed by atoms with Crippen LogP contribution in [0.15, 0.2) is 30.3 Å². The average Bonchev–Trinajstić information content (AvgIpc) is 2.47. The Labute approximate surface area is 118 Å². The molecule has 1 aliphatic rings. The predicted molar refractivity (Wildman–Crippen MR) is 74.1 cm³/mol. The number of rotatable bonds is 5. The lowest BCUT2D eigenvalue weighted by Gasteiger charge is -2.35. The van der Waals surface area contributed by atoms with E-state index in [1.54, 1.807) is 0 Å². The minimum absolute atomic E-state index is 0.0298. The smallest absolute Gasteiger partial charge is 0.217 e. The molecule has 2 N–H and O–H groups in total. The molecule has 0 radical (unpaired) electrons. The summed E-state index contributed by atoms with van der Waals surface area (Å²) in [6, 6.07) is 9.71. The second kappa shape index (κ2) is 7.38. The Balaban J connectivity index is 1.94. The summed E-state index contributed by atoms with van der Waals surface area (Å²) in [5.74, 6) is -0.102. The predicted octanol–water partition coefficient (Wildman–Crippen LogP) is 0.858. The van der Waals surface area contributed by atoms with Gasteiger partial charge in [-0.2, -0.15) is 0 Å². The summed E-state index contributed by atoms with van der Waals surface area (Å²) in [5, 5.41) is 12.0. The van der Waals surface area contributed by atoms with E-state index in [4.69, 9.17) is 9.47 Å². The van der Waals surface area contributed by atoms with Crippen LogP contribution < -0.4 is 5.32 Å². The summed E-state index contributed by atoms with van der Waals surface area (Å²) < 4.78 is 11.4. The van der Waals surface area contributed by atoms with Crippen molar-refractivity contribution in [3.63, 3.8) is 0 Å². The molecular formula is C15H21NO4. The molecular weight excluding hydrogens is 258 g/mol. The fraction of sp³-hybridized carbons (Fsp3) is 0.533. The Morgan fingerprint density at radius 3 is 2.85 bits per heavy atom. The zero-order valence-corrected chi connectivity index (χ0v) is 11.6. The molecule has 1 aliphatic heterocycles. The molecule has 1 heterocycles. The van der Waals surface area contributed by atoms with Gasteiger partial charge in [-0.15, -0.1) is 0 Å². The van der Waals surface area contributed by atoms with Gasteiger partial charge in [-0.05, 0) is 5.56 Å². The Hall–Kier alpha value is -1.43. The summed E-state index contributed by atoms with van der Waals surface area (Å²) in [6.45, 7) is 2.30. The lowest BCUT2D eigenvalue weighted by molar-refractivity contribution is -0.131. The Morgan fingerprint density at radius 1 is 1.45 bits per heavy atom. The molecule has 5 heteroatoms. The highest BCUT2D eigenvalue weighted by Gasteiger charge is 2.32. The normalized spacial score (nSPS) is 26.2. The third-order valence-corrected chi connectivity index (χ3v) is 3.35. The van der Waals surface area contributed by atoms with Crippen LogP contribution in [0.4, 0.5) is 0 Å². The Morgan fingerprint density at radius 2 is 2.20 bits per heavy atom. The minimum atomic E-state index is -0.221. The second-order valence-electron chi connectivity index (χ2n) is 5.02. The number of ether oxygens (including phenoxy) is 2. The largest absolute Gasteiger partial charge is 0.394 e. The van der Waals surface area contributed by atoms with E-state index >= 15 is 0 Å². The van der Waals surface area contributed by atoms with Crippen LogP contribution in [0.3, 0.4) is 0 Å². The molecule has 1 amide bonds. The van der Waals surface area contributed by atoms with E-state index in [-0.39, 0.29) is 30.8 Å². The number of benzene rings is 1. The highest BCUT2D eigenvalue weighted by Crippen LogP contribution is 2.19. The zero-order valence-electron chi connectivity index (χ0n) is 11.6. The lowest BCUT2D eigenvalue weighted by atomic mass is 10.0. The van der Waals surface area contributed by atoms with Gasteiger partial charge < -0.3 is 19.9 Å². The van der Waals surface area contributed by atoms with Gasteiger partial charge in [0.1, 0.15) is 0 Å². The Kier molecular flexibility index (Phi) is 5.52. The lowest BCUT2D eigenvalue weighted by Crippen LogP contribution is -2.52. The first-order valence-electron chi connectivity index (χ1n) is 6.84. The maximum absolute atomic E-state index is 11.2. The maximum atomic E-state index is 11.2. The van der Waals surface area contributed by atoms with Crippen molar-refractivity contribution in [2.75, 3.05) is 13.2 Å². The van der Waals surface area contributed by atoms with Crippen molar-refractivity contribution in [2.45, 2.75) is 38.2 Å². The minimum Gasteiger partial charge on any atom is -0.394 e. The molecule has 0 saturated carbocycles. The van der Waals surface area contributed by atoms with Gasteiger partial charge in [0.2, 0.25) is 5.91 Å². The summed E-state index contributed by atoms with van der Waals surface area (Å²) in [4.78, 5) is 11.2. The highest BCUT2D eigenvalue weighted by molar-refractivity contribution is 5.73. The van der Waals surface area contributed by atoms with Gasteiger partial charge in [0.05, 0.1) is 38.1 Å². The summed E-state index contributed by atoms with van der Waals surface area (Å²) in [5.41, 5.74) is 1.08.